The summed E-state index contributed by atoms with van der Waals surface area (Å²) in [6.07, 6.45) is 4.91. The van der Waals surface area contributed by atoms with E-state index in [0.717, 1.165) is 32.1 Å². The minimum Gasteiger partial charge on any atom is -0.381 e. The normalized spacial score (nSPS) is 22.9. The Morgan fingerprint density at radius 3 is 2.33 bits per heavy atom. The summed E-state index contributed by atoms with van der Waals surface area (Å²) in [7, 11) is 3.29. The maximum Gasteiger partial charge on any atom is 0.225 e. The summed E-state index contributed by atoms with van der Waals surface area (Å²) in [5.41, 5.74) is 5.48. The molecule has 0 aliphatic carbocycles. The van der Waals surface area contributed by atoms with E-state index >= 15 is 0 Å². The van der Waals surface area contributed by atoms with Crippen LogP contribution in [0.25, 0.3) is 0 Å². The molecule has 0 radical (unpaired) electrons. The van der Waals surface area contributed by atoms with Crippen LogP contribution in [0.2, 0.25) is 0 Å². The van der Waals surface area contributed by atoms with Gasteiger partial charge in [0.05, 0.1) is 30.6 Å². The third-order valence-corrected chi connectivity index (χ3v) is 6.37. The van der Waals surface area contributed by atoms with Crippen molar-refractivity contribution in [3.05, 3.63) is 0 Å². The fraction of sp³-hybridized carbons (Fsp3) is 0.905. The van der Waals surface area contributed by atoms with Gasteiger partial charge in [-0.3, -0.25) is 9.59 Å². The molecule has 1 heterocycles. The Bertz CT molecular complexity index is 471. The molecular formula is C21H40N2O4. The highest BCUT2D eigenvalue weighted by atomic mass is 16.5. The zero-order valence-corrected chi connectivity index (χ0v) is 18.1. The first kappa shape index (κ1) is 23.9. The lowest BCUT2D eigenvalue weighted by atomic mass is 9.82. The Morgan fingerprint density at radius 2 is 1.85 bits per heavy atom. The van der Waals surface area contributed by atoms with E-state index in [2.05, 4.69) is 20.8 Å². The van der Waals surface area contributed by atoms with Gasteiger partial charge >= 0.3 is 0 Å². The third kappa shape index (κ3) is 6.18. The van der Waals surface area contributed by atoms with Gasteiger partial charge in [0.1, 0.15) is 0 Å². The highest BCUT2D eigenvalue weighted by Crippen LogP contribution is 2.31. The van der Waals surface area contributed by atoms with Gasteiger partial charge in [-0.25, -0.2) is 0 Å². The first-order valence-electron chi connectivity index (χ1n) is 10.5. The van der Waals surface area contributed by atoms with Crippen LogP contribution >= 0.6 is 0 Å². The van der Waals surface area contributed by atoms with E-state index < -0.39 is 11.8 Å². The van der Waals surface area contributed by atoms with Gasteiger partial charge in [0.25, 0.3) is 0 Å². The highest BCUT2D eigenvalue weighted by molar-refractivity contribution is 5.79. The SMILES string of the molecule is CCC[C@@H](C(C)CC)C(CC(=O)N1CCC[C@H]1C(OC)C(C)C(N)=O)OC. The number of hydrogen-bond acceptors (Lipinski definition) is 4. The predicted molar refractivity (Wildman–Crippen MR) is 107 cm³/mol. The molecule has 158 valence electrons. The molecule has 27 heavy (non-hydrogen) atoms. The molecule has 1 rings (SSSR count). The third-order valence-electron chi connectivity index (χ3n) is 6.37. The van der Waals surface area contributed by atoms with Crippen molar-refractivity contribution < 1.29 is 19.1 Å². The van der Waals surface area contributed by atoms with Gasteiger partial charge in [0.15, 0.2) is 0 Å². The summed E-state index contributed by atoms with van der Waals surface area (Å²) in [4.78, 5) is 26.7. The number of likely N-dealkylation sites (tertiary alicyclic amines) is 1. The first-order valence-corrected chi connectivity index (χ1v) is 10.5. The van der Waals surface area contributed by atoms with Crippen molar-refractivity contribution in [1.29, 1.82) is 0 Å². The van der Waals surface area contributed by atoms with Crippen LogP contribution < -0.4 is 5.73 Å². The maximum absolute atomic E-state index is 13.1. The fourth-order valence-corrected chi connectivity index (χ4v) is 4.47. The number of ether oxygens (including phenoxy) is 2. The molecule has 1 saturated heterocycles. The van der Waals surface area contributed by atoms with Crippen LogP contribution in [0.15, 0.2) is 0 Å². The Kier molecular flexibility index (Phi) is 10.3. The topological polar surface area (TPSA) is 81.9 Å². The lowest BCUT2D eigenvalue weighted by molar-refractivity contribution is -0.142. The minimum absolute atomic E-state index is 0.0804. The number of hydrogen-bond donors (Lipinski definition) is 1. The van der Waals surface area contributed by atoms with Crippen molar-refractivity contribution in [2.75, 3.05) is 20.8 Å². The monoisotopic (exact) mass is 384 g/mol. The van der Waals surface area contributed by atoms with E-state index in [1.54, 1.807) is 21.1 Å². The number of nitrogens with two attached hydrogens (primary N) is 1. The van der Waals surface area contributed by atoms with Gasteiger partial charge < -0.3 is 20.1 Å². The van der Waals surface area contributed by atoms with Gasteiger partial charge in [-0.15, -0.1) is 0 Å². The lowest BCUT2D eigenvalue weighted by Crippen LogP contribution is -2.49. The number of methoxy groups -OCH3 is 2. The van der Waals surface area contributed by atoms with Crippen LogP contribution in [-0.4, -0.2) is 55.7 Å². The van der Waals surface area contributed by atoms with Gasteiger partial charge in [-0.2, -0.15) is 0 Å². The average molecular weight is 385 g/mol. The molecule has 0 aromatic rings. The van der Waals surface area contributed by atoms with Crippen LogP contribution in [-0.2, 0) is 19.1 Å². The molecule has 1 fully saturated rings. The molecule has 6 nitrogen and oxygen atoms in total. The Balaban J connectivity index is 2.89. The molecule has 0 spiro atoms. The van der Waals surface area contributed by atoms with E-state index in [1.807, 2.05) is 4.90 Å². The second kappa shape index (κ2) is 11.6. The second-order valence-corrected chi connectivity index (χ2v) is 8.00. The van der Waals surface area contributed by atoms with E-state index in [0.29, 0.717) is 24.8 Å². The zero-order chi connectivity index (χ0) is 20.6. The molecule has 2 amide bonds. The lowest BCUT2D eigenvalue weighted by Gasteiger charge is -2.35. The fourth-order valence-electron chi connectivity index (χ4n) is 4.47. The highest BCUT2D eigenvalue weighted by Gasteiger charge is 2.40. The molecule has 6 heteroatoms. The summed E-state index contributed by atoms with van der Waals surface area (Å²) in [6, 6.07) is -0.101. The van der Waals surface area contributed by atoms with Crippen molar-refractivity contribution in [3.8, 4) is 0 Å². The van der Waals surface area contributed by atoms with Crippen LogP contribution in [0.5, 0.6) is 0 Å². The zero-order valence-electron chi connectivity index (χ0n) is 18.1. The molecule has 4 unspecified atom stereocenters. The van der Waals surface area contributed by atoms with Crippen molar-refractivity contribution in [3.63, 3.8) is 0 Å². The number of amides is 2. The average Bonchev–Trinajstić information content (AvgIpc) is 3.13. The minimum atomic E-state index is -0.431. The van der Waals surface area contributed by atoms with Gasteiger partial charge in [0, 0.05) is 20.8 Å². The van der Waals surface area contributed by atoms with Crippen LogP contribution in [0.1, 0.15) is 66.2 Å². The van der Waals surface area contributed by atoms with Gasteiger partial charge in [-0.1, -0.05) is 40.5 Å². The molecule has 0 aromatic heterocycles. The molecule has 0 aromatic carbocycles. The van der Waals surface area contributed by atoms with Crippen LogP contribution in [0.3, 0.4) is 0 Å². The summed E-state index contributed by atoms with van der Waals surface area (Å²) in [5.74, 6) is 0.152. The van der Waals surface area contributed by atoms with Crippen molar-refractivity contribution in [1.82, 2.24) is 4.90 Å². The van der Waals surface area contributed by atoms with Crippen molar-refractivity contribution in [2.45, 2.75) is 84.5 Å². The first-order chi connectivity index (χ1) is 12.8. The number of nitrogens with zero attached hydrogens (tertiary/aromatic N) is 1. The Labute approximate surface area is 165 Å². The van der Waals surface area contributed by atoms with Crippen LogP contribution in [0.4, 0.5) is 0 Å². The standard InChI is InChI=1S/C21H40N2O4/c1-7-10-16(14(3)8-2)18(26-5)13-19(24)23-12-9-11-17(23)20(27-6)15(4)21(22)25/h14-18,20H,7-13H2,1-6H3,(H2,22,25)/t14?,15?,16-,17-,18?,20?/m0/s1. The van der Waals surface area contributed by atoms with E-state index in [9.17, 15) is 9.59 Å². The largest absolute Gasteiger partial charge is 0.381 e. The molecule has 6 atom stereocenters. The molecule has 2 N–H and O–H groups in total. The number of carbonyl (C=O) groups is 2. The predicted octanol–water partition coefficient (Wildman–Crippen LogP) is 2.98. The summed E-state index contributed by atoms with van der Waals surface area (Å²) >= 11 is 0. The summed E-state index contributed by atoms with van der Waals surface area (Å²) in [5, 5.41) is 0. The number of carbonyl (C=O) groups excluding carboxylic acids is 2. The van der Waals surface area contributed by atoms with Crippen molar-refractivity contribution >= 4 is 11.8 Å². The van der Waals surface area contributed by atoms with Crippen molar-refractivity contribution in [2.24, 2.45) is 23.5 Å². The molecule has 0 saturated carbocycles. The number of rotatable bonds is 12. The smallest absolute Gasteiger partial charge is 0.225 e. The van der Waals surface area contributed by atoms with Gasteiger partial charge in [0.2, 0.25) is 11.8 Å². The number of primary amides is 1. The van der Waals surface area contributed by atoms with E-state index in [4.69, 9.17) is 15.2 Å². The van der Waals surface area contributed by atoms with E-state index in [-0.39, 0.29) is 24.2 Å². The molecule has 0 bridgehead atoms. The Hall–Kier alpha value is -1.14. The second-order valence-electron chi connectivity index (χ2n) is 8.00. The summed E-state index contributed by atoms with van der Waals surface area (Å²) in [6.45, 7) is 9.08. The quantitative estimate of drug-likeness (QED) is 0.561. The Morgan fingerprint density at radius 1 is 1.19 bits per heavy atom. The maximum atomic E-state index is 13.1. The molecule has 1 aliphatic heterocycles. The van der Waals surface area contributed by atoms with E-state index in [1.165, 1.54) is 0 Å². The van der Waals surface area contributed by atoms with Gasteiger partial charge in [-0.05, 0) is 31.1 Å². The van der Waals surface area contributed by atoms with Crippen LogP contribution in [0, 0.1) is 17.8 Å². The molecule has 1 aliphatic rings. The summed E-state index contributed by atoms with van der Waals surface area (Å²) < 4.78 is 11.4. The molecular weight excluding hydrogens is 344 g/mol.